The van der Waals surface area contributed by atoms with Crippen LogP contribution in [-0.2, 0) is 4.74 Å². The molecule has 0 aliphatic heterocycles. The normalized spacial score (nSPS) is 15.0. The van der Waals surface area contributed by atoms with Crippen molar-refractivity contribution in [3.05, 3.63) is 30.3 Å². The lowest BCUT2D eigenvalue weighted by atomic mass is 10.3. The summed E-state index contributed by atoms with van der Waals surface area (Å²) in [6.45, 7) is 2.83. The van der Waals surface area contributed by atoms with Gasteiger partial charge in [-0.05, 0) is 30.9 Å². The molecule has 2 nitrogen and oxygen atoms in total. The van der Waals surface area contributed by atoms with E-state index in [1.807, 2.05) is 6.07 Å². The van der Waals surface area contributed by atoms with Crippen LogP contribution >= 0.6 is 0 Å². The van der Waals surface area contributed by atoms with E-state index >= 15 is 0 Å². The van der Waals surface area contributed by atoms with Crippen LogP contribution in [0.5, 0.6) is 0 Å². The van der Waals surface area contributed by atoms with Crippen molar-refractivity contribution in [2.24, 2.45) is 5.92 Å². The van der Waals surface area contributed by atoms with Gasteiger partial charge in [0.25, 0.3) is 0 Å². The van der Waals surface area contributed by atoms with Gasteiger partial charge in [-0.15, -0.1) is 0 Å². The average Bonchev–Trinajstić information content (AvgIpc) is 3.13. The summed E-state index contributed by atoms with van der Waals surface area (Å²) in [5.41, 5.74) is 1.19. The summed E-state index contributed by atoms with van der Waals surface area (Å²) in [5.74, 6) is 0.988. The number of ether oxygens (including phenoxy) is 1. The Morgan fingerprint density at radius 3 is 2.69 bits per heavy atom. The molecule has 1 aliphatic rings. The highest BCUT2D eigenvalue weighted by molar-refractivity contribution is 5.42. The van der Waals surface area contributed by atoms with E-state index in [1.54, 1.807) is 0 Å². The zero-order chi connectivity index (χ0) is 11.1. The molecule has 1 aliphatic carbocycles. The number of nitrogens with one attached hydrogen (secondary N) is 1. The lowest BCUT2D eigenvalue weighted by Crippen LogP contribution is -2.06. The Bertz CT molecular complexity index is 282. The Kier molecular flexibility index (Phi) is 4.69. The number of hydrogen-bond donors (Lipinski definition) is 1. The summed E-state index contributed by atoms with van der Waals surface area (Å²) in [6.07, 6.45) is 5.21. The van der Waals surface area contributed by atoms with E-state index in [9.17, 15) is 0 Å². The quantitative estimate of drug-likeness (QED) is 0.677. The van der Waals surface area contributed by atoms with Crippen molar-refractivity contribution in [3.63, 3.8) is 0 Å². The molecule has 0 atom stereocenters. The Morgan fingerprint density at radius 1 is 1.12 bits per heavy atom. The molecule has 0 unspecified atom stereocenters. The van der Waals surface area contributed by atoms with Crippen LogP contribution in [0.2, 0.25) is 0 Å². The van der Waals surface area contributed by atoms with Crippen LogP contribution in [0.25, 0.3) is 0 Å². The highest BCUT2D eigenvalue weighted by Crippen LogP contribution is 2.32. The van der Waals surface area contributed by atoms with E-state index in [0.717, 1.165) is 32.1 Å². The van der Waals surface area contributed by atoms with Crippen molar-refractivity contribution in [1.29, 1.82) is 0 Å². The Balaban J connectivity index is 1.42. The van der Waals surface area contributed by atoms with Gasteiger partial charge in [-0.2, -0.15) is 0 Å². The maximum absolute atomic E-state index is 5.58. The molecule has 1 aromatic rings. The third kappa shape index (κ3) is 4.67. The van der Waals surface area contributed by atoms with Gasteiger partial charge in [0.05, 0.1) is 0 Å². The minimum Gasteiger partial charge on any atom is -0.385 e. The maximum atomic E-state index is 5.58. The lowest BCUT2D eigenvalue weighted by Gasteiger charge is -2.06. The van der Waals surface area contributed by atoms with Crippen LogP contribution in [0.3, 0.4) is 0 Å². The van der Waals surface area contributed by atoms with E-state index in [1.165, 1.54) is 24.9 Å². The molecule has 0 saturated heterocycles. The van der Waals surface area contributed by atoms with Crippen molar-refractivity contribution < 1.29 is 4.74 Å². The van der Waals surface area contributed by atoms with E-state index in [4.69, 9.17) is 4.74 Å². The number of para-hydroxylation sites is 1. The topological polar surface area (TPSA) is 21.3 Å². The summed E-state index contributed by atoms with van der Waals surface area (Å²) in [7, 11) is 0. The van der Waals surface area contributed by atoms with Crippen molar-refractivity contribution in [2.75, 3.05) is 25.1 Å². The molecule has 0 heterocycles. The highest BCUT2D eigenvalue weighted by Gasteiger charge is 2.20. The lowest BCUT2D eigenvalue weighted by molar-refractivity contribution is 0.128. The van der Waals surface area contributed by atoms with Crippen LogP contribution in [0.15, 0.2) is 30.3 Å². The molecule has 0 amide bonds. The summed E-state index contributed by atoms with van der Waals surface area (Å²) >= 11 is 0. The Morgan fingerprint density at radius 2 is 1.94 bits per heavy atom. The molecule has 0 bridgehead atoms. The Labute approximate surface area is 98.0 Å². The van der Waals surface area contributed by atoms with Gasteiger partial charge >= 0.3 is 0 Å². The molecule has 1 aromatic carbocycles. The summed E-state index contributed by atoms with van der Waals surface area (Å²) in [5, 5.41) is 3.38. The fraction of sp³-hybridized carbons (Fsp3) is 0.571. The molecular weight excluding hydrogens is 198 g/mol. The van der Waals surface area contributed by atoms with Crippen LogP contribution in [-0.4, -0.2) is 19.8 Å². The summed E-state index contributed by atoms with van der Waals surface area (Å²) < 4.78 is 5.58. The second-order valence-corrected chi connectivity index (χ2v) is 4.49. The van der Waals surface area contributed by atoms with E-state index in [2.05, 4.69) is 29.6 Å². The largest absolute Gasteiger partial charge is 0.385 e. The van der Waals surface area contributed by atoms with E-state index in [0.29, 0.717) is 0 Å². The van der Waals surface area contributed by atoms with Crippen LogP contribution in [0.4, 0.5) is 5.69 Å². The van der Waals surface area contributed by atoms with Crippen molar-refractivity contribution in [1.82, 2.24) is 0 Å². The predicted octanol–water partition coefficient (Wildman–Crippen LogP) is 3.31. The van der Waals surface area contributed by atoms with Crippen LogP contribution in [0, 0.1) is 5.92 Å². The maximum Gasteiger partial charge on any atom is 0.0482 e. The van der Waals surface area contributed by atoms with Gasteiger partial charge in [-0.3, -0.25) is 0 Å². The zero-order valence-corrected chi connectivity index (χ0v) is 9.82. The molecule has 0 spiro atoms. The fourth-order valence-electron chi connectivity index (χ4n) is 1.72. The third-order valence-corrected chi connectivity index (χ3v) is 2.94. The first-order chi connectivity index (χ1) is 7.95. The van der Waals surface area contributed by atoms with Gasteiger partial charge in [0.15, 0.2) is 0 Å². The molecule has 1 fully saturated rings. The van der Waals surface area contributed by atoms with E-state index in [-0.39, 0.29) is 0 Å². The minimum atomic E-state index is 0.882. The molecule has 16 heavy (non-hydrogen) atoms. The molecular formula is C14H21NO. The van der Waals surface area contributed by atoms with Gasteiger partial charge < -0.3 is 10.1 Å². The van der Waals surface area contributed by atoms with Crippen molar-refractivity contribution in [3.8, 4) is 0 Å². The first-order valence-electron chi connectivity index (χ1n) is 6.32. The standard InChI is InChI=1S/C14H21NO/c1-2-5-14(6-3-1)15-10-4-11-16-12-9-13-7-8-13/h1-3,5-6,13,15H,4,7-12H2. The summed E-state index contributed by atoms with van der Waals surface area (Å²) in [4.78, 5) is 0. The third-order valence-electron chi connectivity index (χ3n) is 2.94. The summed E-state index contributed by atoms with van der Waals surface area (Å²) in [6, 6.07) is 10.3. The highest BCUT2D eigenvalue weighted by atomic mass is 16.5. The van der Waals surface area contributed by atoms with Gasteiger partial charge in [-0.1, -0.05) is 31.0 Å². The number of hydrogen-bond acceptors (Lipinski definition) is 2. The smallest absolute Gasteiger partial charge is 0.0482 e. The van der Waals surface area contributed by atoms with Gasteiger partial charge in [-0.25, -0.2) is 0 Å². The SMILES string of the molecule is c1ccc(NCCCOCCC2CC2)cc1. The monoisotopic (exact) mass is 219 g/mol. The molecule has 88 valence electrons. The number of rotatable bonds is 8. The molecule has 2 heteroatoms. The number of benzene rings is 1. The molecule has 0 aromatic heterocycles. The van der Waals surface area contributed by atoms with Crippen LogP contribution in [0.1, 0.15) is 25.7 Å². The van der Waals surface area contributed by atoms with E-state index < -0.39 is 0 Å². The average molecular weight is 219 g/mol. The predicted molar refractivity (Wildman–Crippen MR) is 67.7 cm³/mol. The number of anilines is 1. The molecule has 0 radical (unpaired) electrons. The zero-order valence-electron chi connectivity index (χ0n) is 9.82. The molecule has 1 N–H and O–H groups in total. The van der Waals surface area contributed by atoms with Crippen molar-refractivity contribution >= 4 is 5.69 Å². The first-order valence-corrected chi connectivity index (χ1v) is 6.32. The minimum absolute atomic E-state index is 0.882. The second kappa shape index (κ2) is 6.54. The van der Waals surface area contributed by atoms with Gasteiger partial charge in [0.1, 0.15) is 0 Å². The second-order valence-electron chi connectivity index (χ2n) is 4.49. The van der Waals surface area contributed by atoms with Crippen molar-refractivity contribution in [2.45, 2.75) is 25.7 Å². The molecule has 2 rings (SSSR count). The van der Waals surface area contributed by atoms with Gasteiger partial charge in [0.2, 0.25) is 0 Å². The van der Waals surface area contributed by atoms with Gasteiger partial charge in [0, 0.05) is 25.4 Å². The first kappa shape index (κ1) is 11.5. The van der Waals surface area contributed by atoms with Crippen LogP contribution < -0.4 is 5.32 Å². The molecule has 1 saturated carbocycles. The Hall–Kier alpha value is -1.02. The fourth-order valence-corrected chi connectivity index (χ4v) is 1.72.